The molecule has 0 aromatic rings. The van der Waals surface area contributed by atoms with Crippen molar-refractivity contribution in [3.8, 4) is 0 Å². The average Bonchev–Trinajstić information content (AvgIpc) is 2.92. The van der Waals surface area contributed by atoms with Crippen LogP contribution in [0.2, 0.25) is 0 Å². The van der Waals surface area contributed by atoms with Gasteiger partial charge < -0.3 is 9.84 Å². The Labute approximate surface area is 180 Å². The van der Waals surface area contributed by atoms with E-state index in [1.165, 1.54) is 25.2 Å². The summed E-state index contributed by atoms with van der Waals surface area (Å²) >= 11 is 0. The van der Waals surface area contributed by atoms with Crippen LogP contribution in [0.25, 0.3) is 0 Å². The first-order chi connectivity index (χ1) is 14.4. The minimum atomic E-state index is -2.29. The van der Waals surface area contributed by atoms with E-state index in [0.29, 0.717) is 12.0 Å². The van der Waals surface area contributed by atoms with E-state index in [0.717, 1.165) is 0 Å². The summed E-state index contributed by atoms with van der Waals surface area (Å²) in [5, 5.41) is 11.2. The fourth-order valence-electron chi connectivity index (χ4n) is 7.46. The number of carbonyl (C=O) groups excluding carboxylic acids is 3. The Balaban J connectivity index is 1.75. The first kappa shape index (κ1) is 22.3. The van der Waals surface area contributed by atoms with Gasteiger partial charge in [-0.15, -0.1) is 0 Å². The van der Waals surface area contributed by atoms with Crippen LogP contribution >= 0.6 is 0 Å². The van der Waals surface area contributed by atoms with Gasteiger partial charge in [-0.3, -0.25) is 14.4 Å². The first-order valence-corrected chi connectivity index (χ1v) is 11.0. The van der Waals surface area contributed by atoms with Gasteiger partial charge in [0.1, 0.15) is 12.8 Å². The van der Waals surface area contributed by atoms with Crippen LogP contribution in [0.3, 0.4) is 0 Å². The van der Waals surface area contributed by atoms with Gasteiger partial charge in [0.25, 0.3) is 0 Å². The van der Waals surface area contributed by atoms with Crippen molar-refractivity contribution in [2.45, 2.75) is 64.9 Å². The van der Waals surface area contributed by atoms with E-state index >= 15 is 8.78 Å². The summed E-state index contributed by atoms with van der Waals surface area (Å²) < 4.78 is 37.5. The number of hydrogen-bond acceptors (Lipinski definition) is 5. The zero-order valence-electron chi connectivity index (χ0n) is 18.4. The zero-order valence-corrected chi connectivity index (χ0v) is 18.4. The Hall–Kier alpha value is -1.89. The molecule has 9 atom stereocenters. The second kappa shape index (κ2) is 7.06. The van der Waals surface area contributed by atoms with Crippen molar-refractivity contribution in [3.63, 3.8) is 0 Å². The minimum Gasteiger partial charge on any atom is -0.458 e. The quantitative estimate of drug-likeness (QED) is 0.687. The minimum absolute atomic E-state index is 0.00284. The number of esters is 1. The zero-order chi connectivity index (χ0) is 22.9. The maximum atomic E-state index is 17.0. The third-order valence-corrected chi connectivity index (χ3v) is 8.72. The van der Waals surface area contributed by atoms with Crippen LogP contribution in [0, 0.1) is 34.5 Å². The molecule has 0 saturated heterocycles. The Kier molecular flexibility index (Phi) is 5.08. The normalized spacial score (nSPS) is 48.4. The van der Waals surface area contributed by atoms with Gasteiger partial charge >= 0.3 is 5.97 Å². The highest BCUT2D eigenvalue weighted by Crippen LogP contribution is 2.70. The van der Waals surface area contributed by atoms with Gasteiger partial charge in [-0.1, -0.05) is 25.5 Å². The van der Waals surface area contributed by atoms with Crippen molar-refractivity contribution in [2.24, 2.45) is 34.5 Å². The molecule has 1 N–H and O–H groups in total. The molecular formula is C24H30F2O5. The molecule has 4 aliphatic rings. The number of hydrogen-bond donors (Lipinski definition) is 1. The molecule has 31 heavy (non-hydrogen) atoms. The van der Waals surface area contributed by atoms with E-state index in [1.54, 1.807) is 6.92 Å². The highest BCUT2D eigenvalue weighted by molar-refractivity contribution is 6.01. The lowest BCUT2D eigenvalue weighted by molar-refractivity contribution is -0.212. The van der Waals surface area contributed by atoms with Gasteiger partial charge in [0.05, 0.1) is 6.10 Å². The standard InChI is InChI=1S/C24H30F2O5/c1-12-7-16-21-17(25)9-14-8-15(28)5-6-23(14,4)24(21,26)19(30)10-22(16,3)20(12)18(29)11-31-13(2)27/h5-6,8,12,16-17,19-21,30H,7,9-11H2,1-4H3/t12?,16-,17?,19?,20+,21+,22-,23-,24+/m0/s1. The number of aliphatic hydroxyl groups is 1. The Bertz CT molecular complexity index is 896. The van der Waals surface area contributed by atoms with E-state index in [9.17, 15) is 19.5 Å². The number of carbonyl (C=O) groups is 3. The lowest BCUT2D eigenvalue weighted by atomic mass is 9.44. The SMILES string of the molecule is CC(=O)OCC(=O)[C@H]1C(C)C[C@H]2[C@@H]3C(F)CC4=CC(=O)C=C[C@]4(C)[C@@]3(F)C(O)C[C@]12C. The topological polar surface area (TPSA) is 80.7 Å². The van der Waals surface area contributed by atoms with E-state index in [2.05, 4.69) is 0 Å². The maximum absolute atomic E-state index is 17.0. The highest BCUT2D eigenvalue weighted by Gasteiger charge is 2.74. The largest absolute Gasteiger partial charge is 0.458 e. The number of aliphatic hydroxyl groups excluding tert-OH is 1. The second-order valence-corrected chi connectivity index (χ2v) is 10.4. The Morgan fingerprint density at radius 1 is 1.32 bits per heavy atom. The molecule has 7 heteroatoms. The Morgan fingerprint density at radius 3 is 2.65 bits per heavy atom. The van der Waals surface area contributed by atoms with Crippen LogP contribution in [0.1, 0.15) is 47.0 Å². The predicted molar refractivity (Wildman–Crippen MR) is 108 cm³/mol. The third-order valence-electron chi connectivity index (χ3n) is 8.72. The number of Topliss-reactive ketones (excluding diaryl/α,β-unsaturated/α-hetero) is 1. The molecule has 0 spiro atoms. The number of halogens is 2. The molecule has 0 aromatic carbocycles. The van der Waals surface area contributed by atoms with Crippen molar-refractivity contribution in [1.82, 2.24) is 0 Å². The molecule has 3 unspecified atom stereocenters. The average molecular weight is 436 g/mol. The summed E-state index contributed by atoms with van der Waals surface area (Å²) in [7, 11) is 0. The molecule has 0 bridgehead atoms. The first-order valence-electron chi connectivity index (χ1n) is 11.0. The molecule has 0 aliphatic heterocycles. The van der Waals surface area contributed by atoms with Crippen LogP contribution in [-0.4, -0.2) is 47.2 Å². The van der Waals surface area contributed by atoms with Gasteiger partial charge in [-0.25, -0.2) is 8.78 Å². The lowest BCUT2D eigenvalue weighted by Gasteiger charge is -2.62. The monoisotopic (exact) mass is 436 g/mol. The molecule has 5 nitrogen and oxygen atoms in total. The number of ketones is 2. The molecule has 4 rings (SSSR count). The predicted octanol–water partition coefficient (Wildman–Crippen LogP) is 3.30. The van der Waals surface area contributed by atoms with E-state index in [4.69, 9.17) is 4.74 Å². The number of fused-ring (bicyclic) bond motifs is 5. The summed E-state index contributed by atoms with van der Waals surface area (Å²) in [5.41, 5.74) is -4.00. The van der Waals surface area contributed by atoms with E-state index in [-0.39, 0.29) is 36.9 Å². The fraction of sp³-hybridized carbons (Fsp3) is 0.708. The highest BCUT2D eigenvalue weighted by atomic mass is 19.2. The summed E-state index contributed by atoms with van der Waals surface area (Å²) in [6, 6.07) is 0. The van der Waals surface area contributed by atoms with Crippen molar-refractivity contribution in [3.05, 3.63) is 23.8 Å². The maximum Gasteiger partial charge on any atom is 0.303 e. The molecule has 3 saturated carbocycles. The van der Waals surface area contributed by atoms with Crippen LogP contribution in [0.4, 0.5) is 8.78 Å². The fourth-order valence-corrected chi connectivity index (χ4v) is 7.46. The number of ether oxygens (including phenoxy) is 1. The third kappa shape index (κ3) is 2.91. The van der Waals surface area contributed by atoms with E-state index in [1.807, 2.05) is 13.8 Å². The molecule has 0 heterocycles. The van der Waals surface area contributed by atoms with Gasteiger partial charge in [0.2, 0.25) is 0 Å². The summed E-state index contributed by atoms with van der Waals surface area (Å²) in [6.07, 6.45) is 1.39. The summed E-state index contributed by atoms with van der Waals surface area (Å²) in [4.78, 5) is 36.0. The number of alkyl halides is 2. The lowest BCUT2D eigenvalue weighted by Crippen LogP contribution is -2.69. The van der Waals surface area contributed by atoms with Crippen molar-refractivity contribution in [2.75, 3.05) is 6.61 Å². The molecule has 0 aromatic heterocycles. The van der Waals surface area contributed by atoms with E-state index < -0.39 is 52.5 Å². The van der Waals surface area contributed by atoms with Gasteiger partial charge in [0, 0.05) is 30.6 Å². The molecule has 170 valence electrons. The number of rotatable bonds is 3. The van der Waals surface area contributed by atoms with Crippen LogP contribution in [-0.2, 0) is 19.1 Å². The molecular weight excluding hydrogens is 406 g/mol. The Morgan fingerprint density at radius 2 is 2.00 bits per heavy atom. The summed E-state index contributed by atoms with van der Waals surface area (Å²) in [6.45, 7) is 6.20. The van der Waals surface area contributed by atoms with Crippen LogP contribution in [0.15, 0.2) is 23.8 Å². The van der Waals surface area contributed by atoms with Crippen molar-refractivity contribution < 1.29 is 33.0 Å². The molecule has 0 radical (unpaired) electrons. The van der Waals surface area contributed by atoms with Crippen LogP contribution < -0.4 is 0 Å². The van der Waals surface area contributed by atoms with Crippen LogP contribution in [0.5, 0.6) is 0 Å². The van der Waals surface area contributed by atoms with Crippen molar-refractivity contribution >= 4 is 17.5 Å². The smallest absolute Gasteiger partial charge is 0.303 e. The van der Waals surface area contributed by atoms with Gasteiger partial charge in [-0.2, -0.15) is 0 Å². The van der Waals surface area contributed by atoms with Gasteiger partial charge in [0.15, 0.2) is 17.2 Å². The molecule has 0 amide bonds. The summed E-state index contributed by atoms with van der Waals surface area (Å²) in [5.74, 6) is -3.41. The number of allylic oxidation sites excluding steroid dienone is 4. The van der Waals surface area contributed by atoms with Gasteiger partial charge in [-0.05, 0) is 49.2 Å². The molecule has 3 fully saturated rings. The van der Waals surface area contributed by atoms with Crippen molar-refractivity contribution in [1.29, 1.82) is 0 Å². The molecule has 4 aliphatic carbocycles. The second-order valence-electron chi connectivity index (χ2n) is 10.4.